The van der Waals surface area contributed by atoms with E-state index in [4.69, 9.17) is 9.53 Å². The van der Waals surface area contributed by atoms with Crippen molar-refractivity contribution in [3.8, 4) is 0 Å². The molecular formula is C11H25FO2Si. The molecule has 0 aromatic carbocycles. The summed E-state index contributed by atoms with van der Waals surface area (Å²) in [5.41, 5.74) is 0. The van der Waals surface area contributed by atoms with Crippen molar-refractivity contribution >= 4 is 8.32 Å². The summed E-state index contributed by atoms with van der Waals surface area (Å²) in [6, 6.07) is 0. The molecule has 0 spiro atoms. The summed E-state index contributed by atoms with van der Waals surface area (Å²) in [4.78, 5) is 0. The van der Waals surface area contributed by atoms with Gasteiger partial charge in [0.15, 0.2) is 8.32 Å². The van der Waals surface area contributed by atoms with E-state index in [0.29, 0.717) is 19.4 Å². The third kappa shape index (κ3) is 5.63. The summed E-state index contributed by atoms with van der Waals surface area (Å²) in [6.45, 7) is 11.2. The molecular weight excluding hydrogens is 211 g/mol. The lowest BCUT2D eigenvalue weighted by atomic mass is 10.2. The van der Waals surface area contributed by atoms with Crippen LogP contribution < -0.4 is 0 Å². The van der Waals surface area contributed by atoms with Crippen LogP contribution in [0.3, 0.4) is 0 Å². The van der Waals surface area contributed by atoms with Crippen molar-refractivity contribution in [1.82, 2.24) is 0 Å². The maximum absolute atomic E-state index is 12.7. The molecule has 1 atom stereocenters. The van der Waals surface area contributed by atoms with Gasteiger partial charge in [-0.2, -0.15) is 0 Å². The van der Waals surface area contributed by atoms with E-state index in [-0.39, 0.29) is 11.6 Å². The molecule has 15 heavy (non-hydrogen) atoms. The lowest BCUT2D eigenvalue weighted by Crippen LogP contribution is -2.41. The Morgan fingerprint density at radius 3 is 2.27 bits per heavy atom. The quantitative estimate of drug-likeness (QED) is 0.567. The van der Waals surface area contributed by atoms with Crippen LogP contribution in [0.2, 0.25) is 18.1 Å². The molecule has 0 aromatic heterocycles. The fourth-order valence-electron chi connectivity index (χ4n) is 0.940. The molecule has 0 bridgehead atoms. The predicted molar refractivity (Wildman–Crippen MR) is 64.4 cm³/mol. The maximum Gasteiger partial charge on any atom is 0.191 e. The zero-order chi connectivity index (χ0) is 12.1. The summed E-state index contributed by atoms with van der Waals surface area (Å²) in [7, 11) is -1.67. The topological polar surface area (TPSA) is 29.5 Å². The van der Waals surface area contributed by atoms with Gasteiger partial charge >= 0.3 is 0 Å². The highest BCUT2D eigenvalue weighted by Gasteiger charge is 2.36. The van der Waals surface area contributed by atoms with E-state index in [1.54, 1.807) is 0 Å². The van der Waals surface area contributed by atoms with Crippen LogP contribution >= 0.6 is 0 Å². The first-order valence-electron chi connectivity index (χ1n) is 5.59. The standard InChI is InChI=1S/C11H25FO2Si/c1-11(2,3)15(4,5)14-8-6-7-10(12)9-13/h10,13H,6-9H2,1-5H3/t10-/m1/s1. The van der Waals surface area contributed by atoms with Crippen molar-refractivity contribution < 1.29 is 13.9 Å². The van der Waals surface area contributed by atoms with Gasteiger partial charge in [0.2, 0.25) is 0 Å². The van der Waals surface area contributed by atoms with Crippen molar-refractivity contribution in [3.05, 3.63) is 0 Å². The van der Waals surface area contributed by atoms with Crippen molar-refractivity contribution in [3.63, 3.8) is 0 Å². The highest BCUT2D eigenvalue weighted by Crippen LogP contribution is 2.36. The lowest BCUT2D eigenvalue weighted by molar-refractivity contribution is 0.159. The van der Waals surface area contributed by atoms with Crippen LogP contribution in [0.5, 0.6) is 0 Å². The minimum atomic E-state index is -1.67. The van der Waals surface area contributed by atoms with E-state index in [1.165, 1.54) is 0 Å². The van der Waals surface area contributed by atoms with E-state index in [9.17, 15) is 4.39 Å². The fourth-order valence-corrected chi connectivity index (χ4v) is 2.03. The normalized spacial score (nSPS) is 15.4. The van der Waals surface area contributed by atoms with Crippen LogP contribution in [0.15, 0.2) is 0 Å². The smallest absolute Gasteiger partial charge is 0.191 e. The van der Waals surface area contributed by atoms with Crippen LogP contribution in [-0.4, -0.2) is 32.8 Å². The Balaban J connectivity index is 3.77. The molecule has 4 heteroatoms. The highest BCUT2D eigenvalue weighted by molar-refractivity contribution is 6.74. The molecule has 2 nitrogen and oxygen atoms in total. The first kappa shape index (κ1) is 15.1. The Hall–Kier alpha value is 0.0669. The van der Waals surface area contributed by atoms with Crippen molar-refractivity contribution in [1.29, 1.82) is 0 Å². The second kappa shape index (κ2) is 5.96. The fraction of sp³-hybridized carbons (Fsp3) is 1.00. The average Bonchev–Trinajstić information content (AvgIpc) is 2.10. The first-order chi connectivity index (χ1) is 6.70. The van der Waals surface area contributed by atoms with Gasteiger partial charge in [-0.05, 0) is 31.0 Å². The van der Waals surface area contributed by atoms with Crippen LogP contribution in [0, 0.1) is 0 Å². The number of aliphatic hydroxyl groups excluding tert-OH is 1. The molecule has 0 amide bonds. The van der Waals surface area contributed by atoms with Gasteiger partial charge in [-0.1, -0.05) is 20.8 Å². The van der Waals surface area contributed by atoms with Crippen molar-refractivity contribution in [2.45, 2.75) is 57.9 Å². The number of aliphatic hydroxyl groups is 1. The molecule has 92 valence electrons. The zero-order valence-electron chi connectivity index (χ0n) is 10.6. The minimum absolute atomic E-state index is 0.207. The van der Waals surface area contributed by atoms with E-state index in [1.807, 2.05) is 0 Å². The third-order valence-electron chi connectivity index (χ3n) is 3.13. The van der Waals surface area contributed by atoms with Crippen LogP contribution in [0.25, 0.3) is 0 Å². The minimum Gasteiger partial charge on any atom is -0.417 e. The predicted octanol–water partition coefficient (Wildman–Crippen LogP) is 3.12. The van der Waals surface area contributed by atoms with Gasteiger partial charge < -0.3 is 9.53 Å². The van der Waals surface area contributed by atoms with Gasteiger partial charge in [-0.15, -0.1) is 0 Å². The molecule has 0 aliphatic rings. The van der Waals surface area contributed by atoms with Gasteiger partial charge in [0.05, 0.1) is 6.61 Å². The molecule has 1 N–H and O–H groups in total. The van der Waals surface area contributed by atoms with Crippen LogP contribution in [0.4, 0.5) is 4.39 Å². The van der Waals surface area contributed by atoms with Crippen LogP contribution in [-0.2, 0) is 4.43 Å². The van der Waals surface area contributed by atoms with Crippen molar-refractivity contribution in [2.24, 2.45) is 0 Å². The first-order valence-corrected chi connectivity index (χ1v) is 8.50. The summed E-state index contributed by atoms with van der Waals surface area (Å²) in [5, 5.41) is 8.72. The van der Waals surface area contributed by atoms with Gasteiger partial charge in [0.1, 0.15) is 6.17 Å². The molecule has 0 aliphatic heterocycles. The Morgan fingerprint density at radius 1 is 1.33 bits per heavy atom. The Bertz CT molecular complexity index is 178. The largest absolute Gasteiger partial charge is 0.417 e. The molecule has 0 saturated heterocycles. The number of halogens is 1. The maximum atomic E-state index is 12.7. The lowest BCUT2D eigenvalue weighted by Gasteiger charge is -2.36. The highest BCUT2D eigenvalue weighted by atomic mass is 28.4. The third-order valence-corrected chi connectivity index (χ3v) is 7.67. The van der Waals surface area contributed by atoms with Gasteiger partial charge in [0, 0.05) is 6.61 Å². The van der Waals surface area contributed by atoms with Crippen molar-refractivity contribution in [2.75, 3.05) is 13.2 Å². The van der Waals surface area contributed by atoms with Gasteiger partial charge in [-0.25, -0.2) is 4.39 Å². The van der Waals surface area contributed by atoms with Crippen LogP contribution in [0.1, 0.15) is 33.6 Å². The Morgan fingerprint density at radius 2 is 1.87 bits per heavy atom. The molecule has 0 unspecified atom stereocenters. The molecule has 0 radical (unpaired) electrons. The van der Waals surface area contributed by atoms with E-state index < -0.39 is 14.5 Å². The number of rotatable bonds is 6. The molecule has 0 saturated carbocycles. The monoisotopic (exact) mass is 236 g/mol. The Kier molecular flexibility index (Phi) is 5.99. The SMILES string of the molecule is CC(C)(C)[Si](C)(C)OCCC[C@@H](F)CO. The van der Waals surface area contributed by atoms with E-state index >= 15 is 0 Å². The summed E-state index contributed by atoms with van der Waals surface area (Å²) < 4.78 is 18.6. The molecule has 0 heterocycles. The average molecular weight is 236 g/mol. The molecule has 0 fully saturated rings. The summed E-state index contributed by atoms with van der Waals surface area (Å²) in [5.74, 6) is 0. The number of hydrogen-bond donors (Lipinski definition) is 1. The molecule has 0 aromatic rings. The summed E-state index contributed by atoms with van der Waals surface area (Å²) >= 11 is 0. The second-order valence-corrected chi connectivity index (χ2v) is 10.3. The van der Waals surface area contributed by atoms with E-state index in [0.717, 1.165) is 0 Å². The molecule has 0 rings (SSSR count). The zero-order valence-corrected chi connectivity index (χ0v) is 11.6. The van der Waals surface area contributed by atoms with Gasteiger partial charge in [-0.3, -0.25) is 0 Å². The molecule has 0 aliphatic carbocycles. The number of alkyl halides is 1. The van der Waals surface area contributed by atoms with E-state index in [2.05, 4.69) is 33.9 Å². The van der Waals surface area contributed by atoms with Gasteiger partial charge in [0.25, 0.3) is 0 Å². The second-order valence-electron chi connectivity index (χ2n) is 5.53. The Labute approximate surface area is 94.0 Å². The number of hydrogen-bond acceptors (Lipinski definition) is 2. The summed E-state index contributed by atoms with van der Waals surface area (Å²) in [6.07, 6.45) is -0.00710.